The van der Waals surface area contributed by atoms with Gasteiger partial charge in [-0.1, -0.05) is 29.8 Å². The minimum absolute atomic E-state index is 0.297. The Kier molecular flexibility index (Phi) is 6.12. The van der Waals surface area contributed by atoms with Crippen LogP contribution < -0.4 is 5.32 Å². The lowest BCUT2D eigenvalue weighted by atomic mass is 9.95. The number of benzene rings is 1. The molecule has 0 atom stereocenters. The van der Waals surface area contributed by atoms with Gasteiger partial charge in [0.2, 0.25) is 5.91 Å². The monoisotopic (exact) mass is 389 g/mol. The summed E-state index contributed by atoms with van der Waals surface area (Å²) in [6, 6.07) is 7.29. The smallest absolute Gasteiger partial charge is 0.341 e. The number of fused-ring (bicyclic) bond motifs is 1. The molecule has 0 aliphatic heterocycles. The van der Waals surface area contributed by atoms with Gasteiger partial charge in [-0.05, 0) is 55.9 Å². The lowest BCUT2D eigenvalue weighted by molar-refractivity contribution is -0.111. The fourth-order valence-corrected chi connectivity index (χ4v) is 4.48. The molecule has 2 aromatic rings. The number of thiophene rings is 1. The first-order valence-corrected chi connectivity index (χ1v) is 9.84. The fourth-order valence-electron chi connectivity index (χ4n) is 3.00. The third kappa shape index (κ3) is 4.17. The van der Waals surface area contributed by atoms with Crippen molar-refractivity contribution in [2.45, 2.75) is 32.6 Å². The molecule has 1 amide bonds. The number of hydrogen-bond donors (Lipinski definition) is 1. The maximum atomic E-state index is 12.4. The fraction of sp³-hybridized carbons (Fsp3) is 0.300. The van der Waals surface area contributed by atoms with Crippen LogP contribution in [-0.2, 0) is 22.4 Å². The molecule has 0 unspecified atom stereocenters. The third-order valence-corrected chi connectivity index (χ3v) is 5.76. The molecule has 1 aromatic carbocycles. The van der Waals surface area contributed by atoms with Crippen molar-refractivity contribution in [3.05, 3.63) is 56.9 Å². The first-order chi connectivity index (χ1) is 12.6. The van der Waals surface area contributed by atoms with E-state index in [1.807, 2.05) is 18.2 Å². The summed E-state index contributed by atoms with van der Waals surface area (Å²) in [4.78, 5) is 25.9. The average Bonchev–Trinajstić information content (AvgIpc) is 2.99. The highest BCUT2D eigenvalue weighted by Crippen LogP contribution is 2.38. The van der Waals surface area contributed by atoms with Crippen LogP contribution in [0.3, 0.4) is 0 Å². The average molecular weight is 390 g/mol. The van der Waals surface area contributed by atoms with Crippen molar-refractivity contribution in [1.29, 1.82) is 0 Å². The summed E-state index contributed by atoms with van der Waals surface area (Å²) in [5.74, 6) is -0.661. The highest BCUT2D eigenvalue weighted by Gasteiger charge is 2.26. The van der Waals surface area contributed by atoms with E-state index in [-0.39, 0.29) is 11.9 Å². The normalized spacial score (nSPS) is 13.5. The van der Waals surface area contributed by atoms with Gasteiger partial charge in [-0.3, -0.25) is 4.79 Å². The second kappa shape index (κ2) is 8.52. The van der Waals surface area contributed by atoms with Gasteiger partial charge in [0.15, 0.2) is 0 Å². The van der Waals surface area contributed by atoms with E-state index in [1.54, 1.807) is 19.1 Å². The van der Waals surface area contributed by atoms with Crippen LogP contribution in [0.25, 0.3) is 6.08 Å². The van der Waals surface area contributed by atoms with Gasteiger partial charge in [-0.25, -0.2) is 4.79 Å². The van der Waals surface area contributed by atoms with Crippen LogP contribution in [0.4, 0.5) is 5.00 Å². The highest BCUT2D eigenvalue weighted by atomic mass is 35.5. The topological polar surface area (TPSA) is 55.4 Å². The maximum Gasteiger partial charge on any atom is 0.341 e. The molecule has 1 aliphatic rings. The molecule has 0 spiro atoms. The number of carbonyl (C=O) groups excluding carboxylic acids is 2. The minimum atomic E-state index is -0.364. The van der Waals surface area contributed by atoms with Crippen LogP contribution in [0.15, 0.2) is 30.3 Å². The van der Waals surface area contributed by atoms with E-state index in [0.29, 0.717) is 22.2 Å². The van der Waals surface area contributed by atoms with E-state index in [1.165, 1.54) is 22.3 Å². The second-order valence-electron chi connectivity index (χ2n) is 5.98. The summed E-state index contributed by atoms with van der Waals surface area (Å²) in [5.41, 5.74) is 2.32. The number of amides is 1. The molecule has 0 saturated heterocycles. The van der Waals surface area contributed by atoms with Crippen molar-refractivity contribution in [2.24, 2.45) is 0 Å². The van der Waals surface area contributed by atoms with Gasteiger partial charge >= 0.3 is 5.97 Å². The number of aryl methyl sites for hydroxylation is 1. The van der Waals surface area contributed by atoms with Gasteiger partial charge in [0, 0.05) is 16.0 Å². The zero-order chi connectivity index (χ0) is 18.5. The summed E-state index contributed by atoms with van der Waals surface area (Å²) >= 11 is 7.57. The number of anilines is 1. The molecular formula is C20H20ClNO3S. The van der Waals surface area contributed by atoms with E-state index >= 15 is 0 Å². The van der Waals surface area contributed by atoms with Crippen molar-refractivity contribution >= 4 is 45.9 Å². The zero-order valence-corrected chi connectivity index (χ0v) is 16.1. The minimum Gasteiger partial charge on any atom is -0.462 e. The molecule has 6 heteroatoms. The number of carbonyl (C=O) groups is 2. The van der Waals surface area contributed by atoms with Crippen molar-refractivity contribution in [3.63, 3.8) is 0 Å². The predicted octanol–water partition coefficient (Wildman–Crippen LogP) is 5.11. The number of nitrogens with one attached hydrogen (secondary N) is 1. The van der Waals surface area contributed by atoms with Gasteiger partial charge in [-0.15, -0.1) is 11.3 Å². The van der Waals surface area contributed by atoms with Crippen LogP contribution in [0.2, 0.25) is 5.02 Å². The summed E-state index contributed by atoms with van der Waals surface area (Å²) in [6.45, 7) is 2.09. The first-order valence-electron chi connectivity index (χ1n) is 8.65. The standard InChI is InChI=1S/C20H20ClNO3S/c1-2-25-20(24)18-14-8-4-6-10-16(14)26-19(18)22-17(23)12-11-13-7-3-5-9-15(13)21/h3,5,7,9,11-12H,2,4,6,8,10H2,1H3,(H,22,23). The summed E-state index contributed by atoms with van der Waals surface area (Å²) in [6.07, 6.45) is 7.04. The molecule has 0 fully saturated rings. The molecule has 1 heterocycles. The molecular weight excluding hydrogens is 370 g/mol. The molecule has 0 bridgehead atoms. The Bertz CT molecular complexity index is 857. The Morgan fingerprint density at radius 1 is 1.27 bits per heavy atom. The molecule has 3 rings (SSSR count). The lowest BCUT2D eigenvalue weighted by Gasteiger charge is -2.12. The van der Waals surface area contributed by atoms with Crippen molar-refractivity contribution < 1.29 is 14.3 Å². The number of esters is 1. The Morgan fingerprint density at radius 3 is 2.81 bits per heavy atom. The van der Waals surface area contributed by atoms with Gasteiger partial charge in [0.05, 0.1) is 12.2 Å². The lowest BCUT2D eigenvalue weighted by Crippen LogP contribution is -2.14. The predicted molar refractivity (Wildman–Crippen MR) is 106 cm³/mol. The van der Waals surface area contributed by atoms with Crippen LogP contribution >= 0.6 is 22.9 Å². The number of halogens is 1. The third-order valence-electron chi connectivity index (χ3n) is 4.21. The van der Waals surface area contributed by atoms with Crippen LogP contribution in [-0.4, -0.2) is 18.5 Å². The first kappa shape index (κ1) is 18.7. The van der Waals surface area contributed by atoms with Gasteiger partial charge in [0.25, 0.3) is 0 Å². The van der Waals surface area contributed by atoms with Gasteiger partial charge in [0.1, 0.15) is 5.00 Å². The van der Waals surface area contributed by atoms with E-state index in [0.717, 1.165) is 36.8 Å². The van der Waals surface area contributed by atoms with E-state index in [9.17, 15) is 9.59 Å². The quantitative estimate of drug-likeness (QED) is 0.571. The van der Waals surface area contributed by atoms with Gasteiger partial charge in [-0.2, -0.15) is 0 Å². The van der Waals surface area contributed by atoms with Crippen molar-refractivity contribution in [3.8, 4) is 0 Å². The molecule has 1 N–H and O–H groups in total. The van der Waals surface area contributed by atoms with Crippen molar-refractivity contribution in [1.82, 2.24) is 0 Å². The second-order valence-corrected chi connectivity index (χ2v) is 7.49. The van der Waals surface area contributed by atoms with E-state index in [2.05, 4.69) is 5.32 Å². The Morgan fingerprint density at radius 2 is 2.04 bits per heavy atom. The number of hydrogen-bond acceptors (Lipinski definition) is 4. The van der Waals surface area contributed by atoms with Gasteiger partial charge < -0.3 is 10.1 Å². The Hall–Kier alpha value is -2.11. The SMILES string of the molecule is CCOC(=O)c1c(NC(=O)C=Cc2ccccc2Cl)sc2c1CCCC2. The summed E-state index contributed by atoms with van der Waals surface area (Å²) < 4.78 is 5.20. The molecule has 136 valence electrons. The van der Waals surface area contributed by atoms with Crippen molar-refractivity contribution in [2.75, 3.05) is 11.9 Å². The van der Waals surface area contributed by atoms with Crippen LogP contribution in [0, 0.1) is 0 Å². The largest absolute Gasteiger partial charge is 0.462 e. The molecule has 0 radical (unpaired) electrons. The zero-order valence-electron chi connectivity index (χ0n) is 14.5. The Balaban J connectivity index is 1.82. The summed E-state index contributed by atoms with van der Waals surface area (Å²) in [7, 11) is 0. The number of ether oxygens (including phenoxy) is 1. The highest BCUT2D eigenvalue weighted by molar-refractivity contribution is 7.17. The van der Waals surface area contributed by atoms with Crippen LogP contribution in [0.1, 0.15) is 46.1 Å². The van der Waals surface area contributed by atoms with Crippen LogP contribution in [0.5, 0.6) is 0 Å². The molecule has 26 heavy (non-hydrogen) atoms. The summed E-state index contributed by atoms with van der Waals surface area (Å²) in [5, 5.41) is 4.00. The Labute approximate surface area is 161 Å². The number of rotatable bonds is 5. The van der Waals surface area contributed by atoms with E-state index in [4.69, 9.17) is 16.3 Å². The molecule has 1 aromatic heterocycles. The maximum absolute atomic E-state index is 12.4. The molecule has 1 aliphatic carbocycles. The molecule has 0 saturated carbocycles. The van der Waals surface area contributed by atoms with E-state index < -0.39 is 0 Å². The molecule has 4 nitrogen and oxygen atoms in total.